The van der Waals surface area contributed by atoms with E-state index in [1.165, 1.54) is 0 Å². The molecule has 0 spiro atoms. The number of carbonyl (C=O) groups is 1. The lowest BCUT2D eigenvalue weighted by atomic mass is 9.95. The Hall–Kier alpha value is -1.29. The fourth-order valence-electron chi connectivity index (χ4n) is 5.56. The lowest BCUT2D eigenvalue weighted by molar-refractivity contribution is -0.402. The van der Waals surface area contributed by atoms with Crippen LogP contribution in [0.15, 0.2) is 0 Å². The van der Waals surface area contributed by atoms with Gasteiger partial charge in [-0.2, -0.15) is 0 Å². The lowest BCUT2D eigenvalue weighted by Gasteiger charge is -2.50. The molecule has 4 saturated heterocycles. The van der Waals surface area contributed by atoms with E-state index in [0.717, 1.165) is 6.92 Å². The van der Waals surface area contributed by atoms with Crippen LogP contribution in [-0.4, -0.2) is 210 Å². The fourth-order valence-corrected chi connectivity index (χ4v) is 5.56. The van der Waals surface area contributed by atoms with Crippen molar-refractivity contribution in [1.82, 2.24) is 0 Å². The van der Waals surface area contributed by atoms with Gasteiger partial charge >= 0.3 is 5.97 Å². The van der Waals surface area contributed by atoms with Gasteiger partial charge in [0.2, 0.25) is 0 Å². The molecule has 0 saturated carbocycles. The Morgan fingerprint density at radius 3 is 1.74 bits per heavy atom. The third-order valence-corrected chi connectivity index (χ3v) is 8.09. The fraction of sp³-hybridized carbons (Fsp3) is 0.960. The van der Waals surface area contributed by atoms with Crippen molar-refractivity contribution < 1.29 is 104 Å². The summed E-state index contributed by atoms with van der Waals surface area (Å²) in [7, 11) is 0. The van der Waals surface area contributed by atoms with Gasteiger partial charge in [0, 0.05) is 6.92 Å². The van der Waals surface area contributed by atoms with Crippen LogP contribution < -0.4 is 0 Å². The van der Waals surface area contributed by atoms with Crippen molar-refractivity contribution in [2.45, 2.75) is 124 Å². The average molecular weight is 679 g/mol. The number of aliphatic hydroxyl groups excluding tert-OH is 12. The Morgan fingerprint density at radius 1 is 0.565 bits per heavy atom. The van der Waals surface area contributed by atoms with Gasteiger partial charge in [-0.15, -0.1) is 0 Å². The van der Waals surface area contributed by atoms with E-state index in [1.807, 2.05) is 0 Å². The summed E-state index contributed by atoms with van der Waals surface area (Å²) in [5.74, 6) is -0.869. The summed E-state index contributed by atoms with van der Waals surface area (Å²) >= 11 is 0. The molecule has 4 rings (SSSR count). The van der Waals surface area contributed by atoms with Crippen molar-refractivity contribution in [1.29, 1.82) is 0 Å². The number of aliphatic hydroxyl groups is 12. The van der Waals surface area contributed by atoms with Gasteiger partial charge < -0.3 is 99.2 Å². The molecule has 21 heteroatoms. The van der Waals surface area contributed by atoms with Crippen LogP contribution in [0.3, 0.4) is 0 Å². The molecule has 1 unspecified atom stereocenters. The number of hydrogen-bond donors (Lipinski definition) is 12. The van der Waals surface area contributed by atoms with E-state index in [0.29, 0.717) is 0 Å². The van der Waals surface area contributed by atoms with Crippen LogP contribution in [0.1, 0.15) is 6.92 Å². The number of ether oxygens (including phenoxy) is 8. The highest BCUT2D eigenvalue weighted by atomic mass is 16.8. The second-order valence-corrected chi connectivity index (χ2v) is 11.3. The first-order valence-corrected chi connectivity index (χ1v) is 14.4. The third kappa shape index (κ3) is 7.78. The molecule has 21 nitrogen and oxygen atoms in total. The third-order valence-electron chi connectivity index (χ3n) is 8.09. The van der Waals surface area contributed by atoms with Crippen molar-refractivity contribution >= 4 is 5.97 Å². The van der Waals surface area contributed by atoms with Gasteiger partial charge in [0.05, 0.1) is 26.4 Å². The highest BCUT2D eigenvalue weighted by molar-refractivity contribution is 5.66. The smallest absolute Gasteiger partial charge is 0.303 e. The molecule has 4 aliphatic rings. The predicted molar refractivity (Wildman–Crippen MR) is 137 cm³/mol. The summed E-state index contributed by atoms with van der Waals surface area (Å²) < 4.78 is 43.9. The minimum Gasteiger partial charge on any atom is -0.457 e. The van der Waals surface area contributed by atoms with E-state index in [9.17, 15) is 66.1 Å². The normalized spacial score (nSPS) is 50.2. The first kappa shape index (κ1) is 37.5. The zero-order chi connectivity index (χ0) is 34.0. The molecule has 0 radical (unpaired) electrons. The van der Waals surface area contributed by atoms with Crippen molar-refractivity contribution in [3.8, 4) is 0 Å². The minimum absolute atomic E-state index is 0.537. The molecule has 12 N–H and O–H groups in total. The first-order chi connectivity index (χ1) is 21.7. The Kier molecular flexibility index (Phi) is 13.0. The molecule has 0 aliphatic carbocycles. The monoisotopic (exact) mass is 678 g/mol. The quantitative estimate of drug-likeness (QED) is 0.0954. The van der Waals surface area contributed by atoms with Gasteiger partial charge in [-0.25, -0.2) is 0 Å². The van der Waals surface area contributed by atoms with Crippen LogP contribution in [0.5, 0.6) is 0 Å². The Morgan fingerprint density at radius 2 is 1.13 bits per heavy atom. The largest absolute Gasteiger partial charge is 0.457 e. The minimum atomic E-state index is -2.02. The number of hydrogen-bond acceptors (Lipinski definition) is 21. The lowest BCUT2D eigenvalue weighted by Crippen LogP contribution is -2.68. The maximum atomic E-state index is 11.6. The average Bonchev–Trinajstić information content (AvgIpc) is 3.02. The van der Waals surface area contributed by atoms with Crippen LogP contribution in [0.2, 0.25) is 0 Å². The summed E-state index contributed by atoms with van der Waals surface area (Å²) in [6.45, 7) is -2.16. The zero-order valence-electron chi connectivity index (χ0n) is 24.3. The number of rotatable bonds is 10. The molecule has 19 atom stereocenters. The Bertz CT molecular complexity index is 972. The molecule has 0 aromatic heterocycles. The predicted octanol–water partition coefficient (Wildman–Crippen LogP) is -8.54. The van der Waals surface area contributed by atoms with Crippen molar-refractivity contribution in [2.24, 2.45) is 0 Å². The van der Waals surface area contributed by atoms with E-state index in [2.05, 4.69) is 0 Å². The molecular formula is C25H42O21. The van der Waals surface area contributed by atoms with Crippen LogP contribution in [0.4, 0.5) is 0 Å². The molecule has 4 heterocycles. The van der Waals surface area contributed by atoms with Crippen molar-refractivity contribution in [2.75, 3.05) is 26.4 Å². The van der Waals surface area contributed by atoms with Crippen LogP contribution >= 0.6 is 0 Å². The molecule has 0 bridgehead atoms. The standard InChI is InChI=1S/C25H42O21/c1-6(29)40-18-7(30)5-39-23(17(18)37)45-20-12(32)9(3-27)43-25(44-19-10(4-28)41-22(38)15(35)14(19)34)21(20)46-24-16(36)13(33)11(31)8(2-26)42-24/h7-28,30-38H,2-5H2,1H3/t7-,8-,9-,10-,11-,12-,13+,14-,15-,16-,17-,18+,19+,20+,21-,22?,23+,24+,25+/m1/s1. The van der Waals surface area contributed by atoms with Crippen LogP contribution in [-0.2, 0) is 42.7 Å². The van der Waals surface area contributed by atoms with Crippen LogP contribution in [0.25, 0.3) is 0 Å². The molecule has 0 aromatic carbocycles. The molecular weight excluding hydrogens is 636 g/mol. The summed E-state index contributed by atoms with van der Waals surface area (Å²) in [4.78, 5) is 11.6. The van der Waals surface area contributed by atoms with Gasteiger partial charge in [-0.3, -0.25) is 4.79 Å². The van der Waals surface area contributed by atoms with Crippen molar-refractivity contribution in [3.05, 3.63) is 0 Å². The molecule has 46 heavy (non-hydrogen) atoms. The summed E-state index contributed by atoms with van der Waals surface area (Å²) in [6, 6.07) is 0. The highest BCUT2D eigenvalue weighted by Gasteiger charge is 2.56. The summed E-state index contributed by atoms with van der Waals surface area (Å²) in [5.41, 5.74) is 0. The topological polar surface area (TPSA) is 334 Å². The summed E-state index contributed by atoms with van der Waals surface area (Å²) in [5, 5.41) is 124. The zero-order valence-corrected chi connectivity index (χ0v) is 24.3. The van der Waals surface area contributed by atoms with Gasteiger partial charge in [-0.05, 0) is 0 Å². The number of esters is 1. The summed E-state index contributed by atoms with van der Waals surface area (Å²) in [6.07, 6.45) is -34.0. The van der Waals surface area contributed by atoms with Crippen molar-refractivity contribution in [3.63, 3.8) is 0 Å². The van der Waals surface area contributed by atoms with Crippen LogP contribution in [0, 0.1) is 0 Å². The maximum Gasteiger partial charge on any atom is 0.303 e. The Labute approximate surface area is 260 Å². The number of carbonyl (C=O) groups excluding carboxylic acids is 1. The van der Waals surface area contributed by atoms with Gasteiger partial charge in [0.1, 0.15) is 85.5 Å². The molecule has 4 fully saturated rings. The van der Waals surface area contributed by atoms with E-state index in [-0.39, 0.29) is 0 Å². The molecule has 4 aliphatic heterocycles. The second-order valence-electron chi connectivity index (χ2n) is 11.3. The van der Waals surface area contributed by atoms with Gasteiger partial charge in [-0.1, -0.05) is 0 Å². The first-order valence-electron chi connectivity index (χ1n) is 14.4. The SMILES string of the molecule is CC(=O)O[C@@H]1[C@@H](O)[C@H](O[C@H]2[C@H](O)[C@@H](CO)O[C@@H](O[C@@H]3[C@H](O)[C@@H](O)C(O)O[C@@H]3CO)[C@@H]2O[C@@H]2O[C@H](CO)[C@@H](O)[C@H](O)[C@H]2O)OC[C@H]1O. The Balaban J connectivity index is 1.69. The highest BCUT2D eigenvalue weighted by Crippen LogP contribution is 2.35. The van der Waals surface area contributed by atoms with Gasteiger partial charge in [0.15, 0.2) is 31.3 Å². The molecule has 268 valence electrons. The van der Waals surface area contributed by atoms with E-state index in [1.54, 1.807) is 0 Å². The second kappa shape index (κ2) is 15.9. The van der Waals surface area contributed by atoms with E-state index in [4.69, 9.17) is 37.9 Å². The molecule has 0 aromatic rings. The maximum absolute atomic E-state index is 11.6. The molecule has 0 amide bonds. The van der Waals surface area contributed by atoms with Gasteiger partial charge in [0.25, 0.3) is 0 Å². The van der Waals surface area contributed by atoms with E-state index >= 15 is 0 Å². The van der Waals surface area contributed by atoms with E-state index < -0.39 is 149 Å².